The normalized spacial score (nSPS) is 18.4. The molecule has 1 aromatic heterocycles. The molecular formula is C24H19ClN2O. The summed E-state index contributed by atoms with van der Waals surface area (Å²) in [5, 5.41) is 0.767. The number of carbonyl (C=O) groups excluding carboxylic acids is 1. The molecule has 1 fully saturated rings. The molecule has 0 aliphatic heterocycles. The Bertz CT molecular complexity index is 1190. The Morgan fingerprint density at radius 2 is 1.82 bits per heavy atom. The average Bonchev–Trinajstić information content (AvgIpc) is 3.39. The van der Waals surface area contributed by atoms with Crippen LogP contribution in [0.1, 0.15) is 46.9 Å². The van der Waals surface area contributed by atoms with Gasteiger partial charge in [0.05, 0.1) is 11.0 Å². The summed E-state index contributed by atoms with van der Waals surface area (Å²) in [6.07, 6.45) is 1.10. The summed E-state index contributed by atoms with van der Waals surface area (Å²) < 4.78 is 0. The lowest BCUT2D eigenvalue weighted by atomic mass is 9.97. The largest absolute Gasteiger partial charge is 0.342 e. The highest BCUT2D eigenvalue weighted by atomic mass is 35.5. The first kappa shape index (κ1) is 17.2. The van der Waals surface area contributed by atoms with Gasteiger partial charge in [-0.25, -0.2) is 4.98 Å². The number of Topliss-reactive ketones (excluding diaryl/α,β-unsaturated/α-hetero) is 1. The fraction of sp³-hybridized carbons (Fsp3) is 0.167. The van der Waals surface area contributed by atoms with Crippen molar-refractivity contribution < 1.29 is 4.79 Å². The molecule has 1 N–H and O–H groups in total. The molecule has 0 radical (unpaired) electrons. The number of nitrogens with zero attached hydrogens (tertiary/aromatic N) is 1. The first-order valence-corrected chi connectivity index (χ1v) is 9.83. The van der Waals surface area contributed by atoms with Crippen molar-refractivity contribution in [2.75, 3.05) is 0 Å². The summed E-state index contributed by atoms with van der Waals surface area (Å²) in [6, 6.07) is 22.0. The van der Waals surface area contributed by atoms with Crippen molar-refractivity contribution in [2.45, 2.75) is 25.2 Å². The summed E-state index contributed by atoms with van der Waals surface area (Å²) in [6.45, 7) is 1.61. The lowest BCUT2D eigenvalue weighted by Gasteiger charge is -2.06. The maximum atomic E-state index is 12.0. The maximum Gasteiger partial charge on any atom is 0.160 e. The van der Waals surface area contributed by atoms with Crippen LogP contribution >= 0.6 is 11.6 Å². The van der Waals surface area contributed by atoms with Crippen LogP contribution in [0.15, 0.2) is 66.7 Å². The third kappa shape index (κ3) is 3.02. The molecule has 3 nitrogen and oxygen atoms in total. The summed E-state index contributed by atoms with van der Waals surface area (Å²) in [5.41, 5.74) is 5.98. The second-order valence-corrected chi connectivity index (χ2v) is 7.89. The Kier molecular flexibility index (Phi) is 4.06. The van der Waals surface area contributed by atoms with E-state index >= 15 is 0 Å². The van der Waals surface area contributed by atoms with Gasteiger partial charge >= 0.3 is 0 Å². The smallest absolute Gasteiger partial charge is 0.160 e. The quantitative estimate of drug-likeness (QED) is 0.415. The molecule has 0 bridgehead atoms. The van der Waals surface area contributed by atoms with Crippen molar-refractivity contribution >= 4 is 28.4 Å². The molecule has 1 aliphatic rings. The molecule has 1 aliphatic carbocycles. The maximum absolute atomic E-state index is 12.0. The van der Waals surface area contributed by atoms with Crippen molar-refractivity contribution in [1.29, 1.82) is 0 Å². The van der Waals surface area contributed by atoms with Gasteiger partial charge in [-0.15, -0.1) is 0 Å². The number of hydrogen-bond donors (Lipinski definition) is 1. The van der Waals surface area contributed by atoms with Crippen molar-refractivity contribution in [2.24, 2.45) is 0 Å². The highest BCUT2D eigenvalue weighted by molar-refractivity contribution is 6.30. The fourth-order valence-electron chi connectivity index (χ4n) is 3.99. The number of rotatable bonds is 4. The predicted octanol–water partition coefficient (Wildman–Crippen LogP) is 6.36. The van der Waals surface area contributed by atoms with E-state index in [0.717, 1.165) is 45.0 Å². The average molecular weight is 387 g/mol. The zero-order valence-corrected chi connectivity index (χ0v) is 16.2. The molecule has 28 heavy (non-hydrogen) atoms. The van der Waals surface area contributed by atoms with Crippen LogP contribution in [0.25, 0.3) is 22.2 Å². The number of halogens is 1. The van der Waals surface area contributed by atoms with Crippen LogP contribution in [0, 0.1) is 0 Å². The van der Waals surface area contributed by atoms with Crippen LogP contribution in [0.4, 0.5) is 0 Å². The Labute approximate surface area is 168 Å². The molecule has 1 saturated carbocycles. The van der Waals surface area contributed by atoms with E-state index in [1.165, 1.54) is 5.56 Å². The lowest BCUT2D eigenvalue weighted by Crippen LogP contribution is -1.95. The number of hydrogen-bond acceptors (Lipinski definition) is 2. The summed E-state index contributed by atoms with van der Waals surface area (Å²) in [4.78, 5) is 20.3. The molecule has 4 aromatic rings. The van der Waals surface area contributed by atoms with Gasteiger partial charge in [-0.3, -0.25) is 4.79 Å². The first-order chi connectivity index (χ1) is 13.6. The summed E-state index contributed by atoms with van der Waals surface area (Å²) >= 11 is 6.00. The molecule has 4 heteroatoms. The minimum Gasteiger partial charge on any atom is -0.342 e. The van der Waals surface area contributed by atoms with Crippen LogP contribution in [-0.4, -0.2) is 15.8 Å². The van der Waals surface area contributed by atoms with E-state index in [4.69, 9.17) is 16.6 Å². The van der Waals surface area contributed by atoms with Crippen molar-refractivity contribution in [3.05, 3.63) is 88.7 Å². The second kappa shape index (κ2) is 6.61. The van der Waals surface area contributed by atoms with Gasteiger partial charge in [0.15, 0.2) is 5.78 Å². The van der Waals surface area contributed by atoms with E-state index in [-0.39, 0.29) is 5.78 Å². The lowest BCUT2D eigenvalue weighted by molar-refractivity contribution is 0.101. The molecule has 0 spiro atoms. The molecule has 138 valence electrons. The monoisotopic (exact) mass is 386 g/mol. The van der Waals surface area contributed by atoms with Crippen LogP contribution in [0.5, 0.6) is 0 Å². The molecule has 1 heterocycles. The van der Waals surface area contributed by atoms with Gasteiger partial charge in [0.2, 0.25) is 0 Å². The van der Waals surface area contributed by atoms with Gasteiger partial charge in [0.1, 0.15) is 5.82 Å². The van der Waals surface area contributed by atoms with Gasteiger partial charge in [-0.2, -0.15) is 0 Å². The van der Waals surface area contributed by atoms with Crippen molar-refractivity contribution in [3.8, 4) is 11.1 Å². The van der Waals surface area contributed by atoms with Gasteiger partial charge in [0.25, 0.3) is 0 Å². The number of carbonyl (C=O) groups is 1. The summed E-state index contributed by atoms with van der Waals surface area (Å²) in [7, 11) is 0. The molecule has 0 saturated heterocycles. The van der Waals surface area contributed by atoms with E-state index in [9.17, 15) is 4.79 Å². The molecule has 2 atom stereocenters. The van der Waals surface area contributed by atoms with Crippen LogP contribution in [-0.2, 0) is 0 Å². The predicted molar refractivity (Wildman–Crippen MR) is 113 cm³/mol. The SMILES string of the molecule is CC(=O)c1ccccc1-c1ccc2[nH]c(C3CC3c3ccc(Cl)cc3)nc2c1. The zero-order chi connectivity index (χ0) is 19.3. The van der Waals surface area contributed by atoms with Crippen molar-refractivity contribution in [1.82, 2.24) is 9.97 Å². The number of nitrogens with one attached hydrogen (secondary N) is 1. The van der Waals surface area contributed by atoms with Gasteiger partial charge in [-0.05, 0) is 60.2 Å². The number of H-pyrrole nitrogens is 1. The Balaban J connectivity index is 1.47. The van der Waals surface area contributed by atoms with Crippen LogP contribution < -0.4 is 0 Å². The standard InChI is InChI=1S/C24H19ClN2O/c1-14(28)18-4-2-3-5-19(18)16-8-11-22-23(12-16)27-24(26-22)21-13-20(21)15-6-9-17(25)10-7-15/h2-12,20-21H,13H2,1H3,(H,26,27). The Morgan fingerprint density at radius 1 is 1.04 bits per heavy atom. The molecule has 5 rings (SSSR count). The Hall–Kier alpha value is -2.91. The number of benzene rings is 3. The highest BCUT2D eigenvalue weighted by Crippen LogP contribution is 2.54. The van der Waals surface area contributed by atoms with Gasteiger partial charge < -0.3 is 4.98 Å². The Morgan fingerprint density at radius 3 is 2.61 bits per heavy atom. The number of fused-ring (bicyclic) bond motifs is 1. The third-order valence-electron chi connectivity index (χ3n) is 5.56. The number of ketones is 1. The fourth-order valence-corrected chi connectivity index (χ4v) is 4.11. The van der Waals surface area contributed by atoms with E-state index in [1.54, 1.807) is 6.92 Å². The molecule has 3 aromatic carbocycles. The van der Waals surface area contributed by atoms with E-state index in [2.05, 4.69) is 35.3 Å². The van der Waals surface area contributed by atoms with Gasteiger partial charge in [0, 0.05) is 16.5 Å². The third-order valence-corrected chi connectivity index (χ3v) is 5.81. The molecular weight excluding hydrogens is 368 g/mol. The number of aromatic amines is 1. The van der Waals surface area contributed by atoms with Gasteiger partial charge in [-0.1, -0.05) is 54.1 Å². The number of imidazole rings is 1. The minimum absolute atomic E-state index is 0.0715. The van der Waals surface area contributed by atoms with E-state index < -0.39 is 0 Å². The van der Waals surface area contributed by atoms with E-state index in [1.807, 2.05) is 36.4 Å². The molecule has 2 unspecified atom stereocenters. The van der Waals surface area contributed by atoms with E-state index in [0.29, 0.717) is 11.8 Å². The molecule has 0 amide bonds. The topological polar surface area (TPSA) is 45.8 Å². The zero-order valence-electron chi connectivity index (χ0n) is 15.4. The summed E-state index contributed by atoms with van der Waals surface area (Å²) in [5.74, 6) is 2.02. The first-order valence-electron chi connectivity index (χ1n) is 9.45. The second-order valence-electron chi connectivity index (χ2n) is 7.46. The van der Waals surface area contributed by atoms with Crippen LogP contribution in [0.3, 0.4) is 0 Å². The minimum atomic E-state index is 0.0715. The number of aromatic nitrogens is 2. The van der Waals surface area contributed by atoms with Crippen molar-refractivity contribution in [3.63, 3.8) is 0 Å². The highest BCUT2D eigenvalue weighted by Gasteiger charge is 2.41. The van der Waals surface area contributed by atoms with Crippen LogP contribution in [0.2, 0.25) is 5.02 Å².